The van der Waals surface area contributed by atoms with E-state index in [4.69, 9.17) is 4.74 Å². The van der Waals surface area contributed by atoms with Crippen molar-refractivity contribution in [3.8, 4) is 5.75 Å². The maximum absolute atomic E-state index is 5.40. The number of anilines is 1. The van der Waals surface area contributed by atoms with Gasteiger partial charge < -0.3 is 9.64 Å². The first-order valence-corrected chi connectivity index (χ1v) is 12.1. The van der Waals surface area contributed by atoms with Crippen molar-refractivity contribution < 1.29 is 4.74 Å². The Kier molecular flexibility index (Phi) is 5.22. The van der Waals surface area contributed by atoms with Crippen LogP contribution in [0.3, 0.4) is 0 Å². The number of aryl methyl sites for hydroxylation is 2. The van der Waals surface area contributed by atoms with Gasteiger partial charge in [0.2, 0.25) is 0 Å². The molecule has 0 saturated heterocycles. The van der Waals surface area contributed by atoms with Crippen molar-refractivity contribution in [3.05, 3.63) is 136 Å². The summed E-state index contributed by atoms with van der Waals surface area (Å²) in [4.78, 5) is 2.55. The van der Waals surface area contributed by atoms with Gasteiger partial charge in [0.25, 0.3) is 0 Å². The fraction of sp³-hybridized carbons (Fsp3) is 0.188. The predicted molar refractivity (Wildman–Crippen MR) is 140 cm³/mol. The molecule has 0 fully saturated rings. The van der Waals surface area contributed by atoms with Gasteiger partial charge in [-0.2, -0.15) is 0 Å². The second kappa shape index (κ2) is 8.53. The SMILES string of the molecule is COc1ccc(CN2C3=C(CCc4ccccc43)[C@H](c3ccc(C)cc3)c3ccccc32)cc1. The van der Waals surface area contributed by atoms with Crippen LogP contribution in [0.4, 0.5) is 5.69 Å². The first-order valence-electron chi connectivity index (χ1n) is 12.1. The number of hydrogen-bond acceptors (Lipinski definition) is 2. The molecule has 0 unspecified atom stereocenters. The van der Waals surface area contributed by atoms with Gasteiger partial charge >= 0.3 is 0 Å². The third kappa shape index (κ3) is 3.51. The van der Waals surface area contributed by atoms with Crippen molar-refractivity contribution in [2.45, 2.75) is 32.2 Å². The van der Waals surface area contributed by atoms with Gasteiger partial charge in [0.05, 0.1) is 7.11 Å². The van der Waals surface area contributed by atoms with Crippen LogP contribution < -0.4 is 9.64 Å². The molecule has 2 heteroatoms. The molecular weight excluding hydrogens is 414 g/mol. The van der Waals surface area contributed by atoms with Crippen molar-refractivity contribution in [3.63, 3.8) is 0 Å². The Morgan fingerprint density at radius 1 is 0.794 bits per heavy atom. The molecule has 34 heavy (non-hydrogen) atoms. The predicted octanol–water partition coefficient (Wildman–Crippen LogP) is 7.51. The molecule has 2 aliphatic rings. The van der Waals surface area contributed by atoms with E-state index in [1.165, 1.54) is 50.3 Å². The lowest BCUT2D eigenvalue weighted by Crippen LogP contribution is -2.32. The maximum atomic E-state index is 5.40. The first kappa shape index (κ1) is 20.8. The van der Waals surface area contributed by atoms with Gasteiger partial charge in [0.15, 0.2) is 0 Å². The van der Waals surface area contributed by atoms with E-state index >= 15 is 0 Å². The molecule has 1 heterocycles. The normalized spacial score (nSPS) is 16.5. The summed E-state index contributed by atoms with van der Waals surface area (Å²) in [7, 11) is 1.72. The number of fused-ring (bicyclic) bond motifs is 3. The van der Waals surface area contributed by atoms with Crippen LogP contribution in [0.2, 0.25) is 0 Å². The molecule has 168 valence electrons. The van der Waals surface area contributed by atoms with Gasteiger partial charge in [0.1, 0.15) is 5.75 Å². The molecule has 0 aromatic heterocycles. The molecule has 1 aliphatic heterocycles. The molecular formula is C32H29NO. The molecule has 1 atom stereocenters. The Bertz CT molecular complexity index is 1370. The summed E-state index contributed by atoms with van der Waals surface area (Å²) in [5.41, 5.74) is 12.4. The highest BCUT2D eigenvalue weighted by molar-refractivity contribution is 5.90. The smallest absolute Gasteiger partial charge is 0.118 e. The molecule has 0 bridgehead atoms. The average Bonchev–Trinajstić information content (AvgIpc) is 2.89. The highest BCUT2D eigenvalue weighted by atomic mass is 16.5. The maximum Gasteiger partial charge on any atom is 0.118 e. The van der Waals surface area contributed by atoms with Gasteiger partial charge in [-0.05, 0) is 65.8 Å². The molecule has 0 spiro atoms. The summed E-state index contributed by atoms with van der Waals surface area (Å²) >= 11 is 0. The molecule has 0 radical (unpaired) electrons. The standard InChI is InChI=1S/C32H29NO/c1-22-11-15-25(16-12-22)31-28-9-5-6-10-30(28)33(21-23-13-18-26(34-2)19-14-23)32-27-8-4-3-7-24(27)17-20-29(31)32/h3-16,18-19,31H,17,20-21H2,1-2H3/t31-/m1/s1. The highest BCUT2D eigenvalue weighted by Gasteiger charge is 2.36. The minimum atomic E-state index is 0.285. The number of ether oxygens (including phenoxy) is 1. The lowest BCUT2D eigenvalue weighted by Gasteiger charge is -2.42. The summed E-state index contributed by atoms with van der Waals surface area (Å²) in [5.74, 6) is 1.18. The fourth-order valence-electron chi connectivity index (χ4n) is 5.63. The van der Waals surface area contributed by atoms with Gasteiger partial charge in [0, 0.05) is 29.4 Å². The van der Waals surface area contributed by atoms with Crippen LogP contribution in [0.5, 0.6) is 5.75 Å². The number of para-hydroxylation sites is 1. The van der Waals surface area contributed by atoms with Crippen molar-refractivity contribution in [2.24, 2.45) is 0 Å². The molecule has 2 nitrogen and oxygen atoms in total. The molecule has 6 rings (SSSR count). The zero-order valence-electron chi connectivity index (χ0n) is 19.8. The van der Waals surface area contributed by atoms with E-state index in [9.17, 15) is 0 Å². The lowest BCUT2D eigenvalue weighted by molar-refractivity contribution is 0.414. The van der Waals surface area contributed by atoms with Crippen molar-refractivity contribution in [1.82, 2.24) is 0 Å². The topological polar surface area (TPSA) is 12.5 Å². The first-order chi connectivity index (χ1) is 16.7. The Hall–Kier alpha value is -3.78. The molecule has 0 saturated carbocycles. The minimum absolute atomic E-state index is 0.285. The van der Waals surface area contributed by atoms with E-state index in [0.29, 0.717) is 0 Å². The van der Waals surface area contributed by atoms with Crippen molar-refractivity contribution >= 4 is 11.4 Å². The summed E-state index contributed by atoms with van der Waals surface area (Å²) in [6.07, 6.45) is 2.17. The number of benzene rings is 4. The summed E-state index contributed by atoms with van der Waals surface area (Å²) < 4.78 is 5.40. The van der Waals surface area contributed by atoms with Crippen LogP contribution in [0.15, 0.2) is 103 Å². The number of hydrogen-bond donors (Lipinski definition) is 0. The average molecular weight is 444 g/mol. The Balaban J connectivity index is 1.56. The fourth-order valence-corrected chi connectivity index (χ4v) is 5.63. The molecule has 0 N–H and O–H groups in total. The Morgan fingerprint density at radius 2 is 1.53 bits per heavy atom. The molecule has 1 aliphatic carbocycles. The summed E-state index contributed by atoms with van der Waals surface area (Å²) in [6.45, 7) is 2.99. The zero-order valence-corrected chi connectivity index (χ0v) is 19.8. The lowest BCUT2D eigenvalue weighted by atomic mass is 9.73. The Morgan fingerprint density at radius 3 is 2.32 bits per heavy atom. The van der Waals surface area contributed by atoms with E-state index in [1.807, 2.05) is 0 Å². The number of nitrogens with zero attached hydrogens (tertiary/aromatic N) is 1. The van der Waals surface area contributed by atoms with Gasteiger partial charge in [-0.15, -0.1) is 0 Å². The third-order valence-electron chi connectivity index (χ3n) is 7.31. The van der Waals surface area contributed by atoms with Crippen LogP contribution in [-0.2, 0) is 13.0 Å². The van der Waals surface area contributed by atoms with E-state index < -0.39 is 0 Å². The summed E-state index contributed by atoms with van der Waals surface area (Å²) in [5, 5.41) is 0. The van der Waals surface area contributed by atoms with E-state index in [1.54, 1.807) is 7.11 Å². The zero-order chi connectivity index (χ0) is 23.1. The molecule has 4 aromatic carbocycles. The quantitative estimate of drug-likeness (QED) is 0.323. The second-order valence-corrected chi connectivity index (χ2v) is 9.37. The van der Waals surface area contributed by atoms with Crippen LogP contribution >= 0.6 is 0 Å². The number of rotatable bonds is 4. The summed E-state index contributed by atoms with van der Waals surface area (Å²) in [6, 6.07) is 35.6. The van der Waals surface area contributed by atoms with Crippen LogP contribution in [0.25, 0.3) is 5.70 Å². The highest BCUT2D eigenvalue weighted by Crippen LogP contribution is 2.51. The van der Waals surface area contributed by atoms with Gasteiger partial charge in [-0.25, -0.2) is 0 Å². The third-order valence-corrected chi connectivity index (χ3v) is 7.31. The largest absolute Gasteiger partial charge is 0.497 e. The minimum Gasteiger partial charge on any atom is -0.497 e. The van der Waals surface area contributed by atoms with Crippen molar-refractivity contribution in [2.75, 3.05) is 12.0 Å². The van der Waals surface area contributed by atoms with Gasteiger partial charge in [-0.3, -0.25) is 0 Å². The number of methoxy groups -OCH3 is 1. The monoisotopic (exact) mass is 443 g/mol. The second-order valence-electron chi connectivity index (χ2n) is 9.37. The van der Waals surface area contributed by atoms with Gasteiger partial charge in [-0.1, -0.05) is 84.4 Å². The number of allylic oxidation sites excluding steroid dienone is 1. The van der Waals surface area contributed by atoms with Crippen LogP contribution in [0.1, 0.15) is 45.7 Å². The van der Waals surface area contributed by atoms with Crippen LogP contribution in [-0.4, -0.2) is 7.11 Å². The molecule has 0 amide bonds. The molecule has 4 aromatic rings. The van der Waals surface area contributed by atoms with E-state index in [-0.39, 0.29) is 5.92 Å². The van der Waals surface area contributed by atoms with Crippen molar-refractivity contribution in [1.29, 1.82) is 0 Å². The van der Waals surface area contributed by atoms with Crippen LogP contribution in [0, 0.1) is 6.92 Å². The Labute approximate surface area is 202 Å². The van der Waals surface area contributed by atoms with E-state index in [0.717, 1.165) is 25.1 Å². The van der Waals surface area contributed by atoms with E-state index in [2.05, 4.69) is 109 Å².